The predicted octanol–water partition coefficient (Wildman–Crippen LogP) is 4.67. The first kappa shape index (κ1) is 31.7. The molecule has 0 fully saturated rings. The lowest BCUT2D eigenvalue weighted by Crippen LogP contribution is -2.44. The molecule has 0 amide bonds. The number of rotatable bonds is 16. The van der Waals surface area contributed by atoms with Crippen molar-refractivity contribution in [3.05, 3.63) is 29.8 Å². The fraction of sp³-hybridized carbons (Fsp3) is 0.593. The topological polar surface area (TPSA) is 111 Å². The summed E-state index contributed by atoms with van der Waals surface area (Å²) >= 11 is 2.42. The Balaban J connectivity index is 2.59. The molecule has 0 bridgehead atoms. The number of nitrogens with one attached hydrogen (secondary N) is 1. The summed E-state index contributed by atoms with van der Waals surface area (Å²) in [6.07, 6.45) is 4.56. The second-order valence-corrected chi connectivity index (χ2v) is 9.18. The smallest absolute Gasteiger partial charge is 0.350 e. The van der Waals surface area contributed by atoms with E-state index in [1.165, 1.54) is 48.7 Å². The highest BCUT2D eigenvalue weighted by Gasteiger charge is 2.38. The van der Waals surface area contributed by atoms with E-state index in [1.807, 2.05) is 6.92 Å². The van der Waals surface area contributed by atoms with Crippen molar-refractivity contribution in [3.63, 3.8) is 0 Å². The van der Waals surface area contributed by atoms with Gasteiger partial charge < -0.3 is 24.6 Å². The van der Waals surface area contributed by atoms with E-state index in [0.29, 0.717) is 0 Å². The molecule has 0 spiro atoms. The number of ether oxygens (including phenoxy) is 3. The molecule has 0 aliphatic heterocycles. The van der Waals surface area contributed by atoms with Gasteiger partial charge in [-0.3, -0.25) is 0 Å². The molecule has 3 unspecified atom stereocenters. The van der Waals surface area contributed by atoms with Gasteiger partial charge in [0.15, 0.2) is 6.10 Å². The number of carbonyl (C=O) groups excluding carboxylic acids is 3. The van der Waals surface area contributed by atoms with E-state index in [9.17, 15) is 19.5 Å². The summed E-state index contributed by atoms with van der Waals surface area (Å²) in [4.78, 5) is 36.5. The molecular weight excluding hydrogens is 577 g/mol. The first-order chi connectivity index (χ1) is 17.3. The summed E-state index contributed by atoms with van der Waals surface area (Å²) < 4.78 is 15.9. The van der Waals surface area contributed by atoms with Crippen LogP contribution in [0.2, 0.25) is 0 Å². The average Bonchev–Trinajstić information content (AvgIpc) is 2.86. The van der Waals surface area contributed by atoms with Crippen molar-refractivity contribution < 1.29 is 33.7 Å². The lowest BCUT2D eigenvalue weighted by atomic mass is 10.1. The highest BCUT2D eigenvalue weighted by Crippen LogP contribution is 2.15. The van der Waals surface area contributed by atoms with E-state index >= 15 is 0 Å². The van der Waals surface area contributed by atoms with Crippen LogP contribution in [0.4, 0.5) is 5.69 Å². The van der Waals surface area contributed by atoms with Crippen LogP contribution in [0.3, 0.4) is 0 Å². The second kappa shape index (κ2) is 18.9. The van der Waals surface area contributed by atoms with E-state index in [0.717, 1.165) is 18.5 Å². The fourth-order valence-corrected chi connectivity index (χ4v) is 3.77. The highest BCUT2D eigenvalue weighted by atomic mass is 127. The number of anilines is 1. The zero-order valence-corrected chi connectivity index (χ0v) is 23.5. The van der Waals surface area contributed by atoms with Gasteiger partial charge in [0.1, 0.15) is 0 Å². The van der Waals surface area contributed by atoms with Crippen molar-refractivity contribution in [1.82, 2.24) is 0 Å². The molecule has 0 aliphatic rings. The maximum absolute atomic E-state index is 12.5. The number of unbranched alkanes of at least 4 members (excludes halogenated alkanes) is 6. The minimum Gasteiger partial charge on any atom is -0.464 e. The van der Waals surface area contributed by atoms with Gasteiger partial charge in [-0.1, -0.05) is 54.2 Å². The molecule has 1 aromatic carbocycles. The third kappa shape index (κ3) is 12.6. The molecule has 0 aliphatic carbocycles. The number of hydrogen-bond acceptors (Lipinski definition) is 8. The third-order valence-corrected chi connectivity index (χ3v) is 5.84. The molecule has 0 saturated carbocycles. The summed E-state index contributed by atoms with van der Waals surface area (Å²) in [5.41, 5.74) is 0.903. The van der Waals surface area contributed by atoms with Crippen LogP contribution in [0.5, 0.6) is 0 Å². The van der Waals surface area contributed by atoms with Gasteiger partial charge in [-0.25, -0.2) is 14.4 Å². The number of hydrogen-bond donors (Lipinski definition) is 2. The average molecular weight is 616 g/mol. The summed E-state index contributed by atoms with van der Waals surface area (Å²) in [5.74, 6) is 3.40. The Morgan fingerprint density at radius 2 is 1.53 bits per heavy atom. The van der Waals surface area contributed by atoms with Crippen molar-refractivity contribution in [2.75, 3.05) is 23.0 Å². The van der Waals surface area contributed by atoms with Crippen LogP contribution in [-0.2, 0) is 23.8 Å². The lowest BCUT2D eigenvalue weighted by Gasteiger charge is -2.20. The van der Waals surface area contributed by atoms with Crippen LogP contribution < -0.4 is 5.32 Å². The molecule has 2 N–H and O–H groups in total. The molecular formula is C27H38INO7. The first-order valence-corrected chi connectivity index (χ1v) is 14.0. The molecule has 3 atom stereocenters. The van der Waals surface area contributed by atoms with Crippen molar-refractivity contribution >= 4 is 46.2 Å². The Kier molecular flexibility index (Phi) is 16.6. The van der Waals surface area contributed by atoms with Crippen molar-refractivity contribution in [2.45, 2.75) is 84.0 Å². The largest absolute Gasteiger partial charge is 0.464 e. The van der Waals surface area contributed by atoms with E-state index in [1.54, 1.807) is 26.0 Å². The minimum absolute atomic E-state index is 0.00440. The standard InChI is InChI=1S/C27H38INO7/c1-4-34-26(32)23(30)24(27(33)35-5-2)36-25(31)21-15-17-22(18-16-21)29-20(3)14-12-10-8-6-7-9-11-13-19-28/h15-18,20,23-24,29-30H,4-11,13,19H2,1-3H3. The molecule has 36 heavy (non-hydrogen) atoms. The quantitative estimate of drug-likeness (QED) is 0.0690. The van der Waals surface area contributed by atoms with Crippen LogP contribution in [0, 0.1) is 11.8 Å². The Morgan fingerprint density at radius 3 is 2.14 bits per heavy atom. The Bertz CT molecular complexity index is 863. The molecule has 1 aromatic rings. The molecule has 200 valence electrons. The van der Waals surface area contributed by atoms with Crippen LogP contribution in [0.1, 0.15) is 76.1 Å². The van der Waals surface area contributed by atoms with Gasteiger partial charge in [-0.05, 0) is 62.3 Å². The number of aliphatic hydroxyl groups excluding tert-OH is 1. The molecule has 0 saturated heterocycles. The highest BCUT2D eigenvalue weighted by molar-refractivity contribution is 14.1. The number of aliphatic hydroxyl groups is 1. The monoisotopic (exact) mass is 615 g/mol. The van der Waals surface area contributed by atoms with Crippen LogP contribution in [0.25, 0.3) is 0 Å². The Labute approximate surface area is 228 Å². The van der Waals surface area contributed by atoms with E-state index in [4.69, 9.17) is 14.2 Å². The van der Waals surface area contributed by atoms with Crippen molar-refractivity contribution in [1.29, 1.82) is 0 Å². The van der Waals surface area contributed by atoms with Crippen LogP contribution in [-0.4, -0.2) is 58.9 Å². The minimum atomic E-state index is -1.99. The number of benzene rings is 1. The predicted molar refractivity (Wildman–Crippen MR) is 147 cm³/mol. The maximum Gasteiger partial charge on any atom is 0.350 e. The molecule has 1 rings (SSSR count). The molecule has 8 nitrogen and oxygen atoms in total. The van der Waals surface area contributed by atoms with Gasteiger partial charge in [-0.2, -0.15) is 0 Å². The molecule has 0 aromatic heterocycles. The normalized spacial score (nSPS) is 12.9. The number of alkyl halides is 1. The number of esters is 3. The zero-order valence-electron chi connectivity index (χ0n) is 21.4. The van der Waals surface area contributed by atoms with Crippen molar-refractivity contribution in [3.8, 4) is 11.8 Å². The van der Waals surface area contributed by atoms with E-state index in [2.05, 4.69) is 39.7 Å². The third-order valence-electron chi connectivity index (χ3n) is 5.08. The molecule has 0 heterocycles. The summed E-state index contributed by atoms with van der Waals surface area (Å²) in [7, 11) is 0. The Morgan fingerprint density at radius 1 is 0.944 bits per heavy atom. The van der Waals surface area contributed by atoms with Crippen molar-refractivity contribution in [2.24, 2.45) is 0 Å². The first-order valence-electron chi connectivity index (χ1n) is 12.5. The van der Waals surface area contributed by atoms with Crippen LogP contribution in [0.15, 0.2) is 24.3 Å². The van der Waals surface area contributed by atoms with Crippen LogP contribution >= 0.6 is 22.6 Å². The summed E-state index contributed by atoms with van der Waals surface area (Å²) in [6.45, 7) is 5.05. The Hall–Kier alpha value is -2.32. The van der Waals surface area contributed by atoms with Gasteiger partial charge in [0.05, 0.1) is 24.8 Å². The van der Waals surface area contributed by atoms with Gasteiger partial charge in [-0.15, -0.1) is 5.92 Å². The molecule has 0 radical (unpaired) electrons. The van der Waals surface area contributed by atoms with Gasteiger partial charge in [0.2, 0.25) is 6.10 Å². The van der Waals surface area contributed by atoms with Gasteiger partial charge in [0, 0.05) is 12.1 Å². The van der Waals surface area contributed by atoms with E-state index < -0.39 is 30.1 Å². The fourth-order valence-electron chi connectivity index (χ4n) is 3.23. The summed E-state index contributed by atoms with van der Waals surface area (Å²) in [6, 6.07) is 6.33. The van der Waals surface area contributed by atoms with E-state index in [-0.39, 0.29) is 24.8 Å². The molecule has 9 heteroatoms. The maximum atomic E-state index is 12.5. The second-order valence-electron chi connectivity index (χ2n) is 8.10. The SMILES string of the molecule is CCOC(=O)C(O)C(OC(=O)c1ccc(NC(C)C#CCCCCCCCCI)cc1)C(=O)OCC. The van der Waals surface area contributed by atoms with Gasteiger partial charge in [0.25, 0.3) is 0 Å². The lowest BCUT2D eigenvalue weighted by molar-refractivity contribution is -0.172. The number of halogens is 1. The number of carbonyl (C=O) groups is 3. The summed E-state index contributed by atoms with van der Waals surface area (Å²) in [5, 5.41) is 13.4. The van der Waals surface area contributed by atoms with Gasteiger partial charge >= 0.3 is 17.9 Å². The zero-order chi connectivity index (χ0) is 26.8.